The number of hydrogen-bond acceptors (Lipinski definition) is 7. The first kappa shape index (κ1) is 12.8. The molecule has 8 nitrogen and oxygen atoms in total. The number of rotatable bonds is 4. The van der Waals surface area contributed by atoms with Crippen molar-refractivity contribution < 1.29 is 9.47 Å². The van der Waals surface area contributed by atoms with Crippen LogP contribution in [0.1, 0.15) is 0 Å². The van der Waals surface area contributed by atoms with Crippen LogP contribution in [-0.2, 0) is 11.3 Å². The van der Waals surface area contributed by atoms with Crippen LogP contribution in [0.15, 0.2) is 24.9 Å². The molecule has 0 saturated carbocycles. The van der Waals surface area contributed by atoms with Gasteiger partial charge in [-0.2, -0.15) is 10.1 Å². The van der Waals surface area contributed by atoms with E-state index >= 15 is 0 Å². The van der Waals surface area contributed by atoms with Crippen LogP contribution in [0.4, 0.5) is 5.95 Å². The van der Waals surface area contributed by atoms with Crippen molar-refractivity contribution in [2.24, 2.45) is 0 Å². The first-order valence-corrected chi connectivity index (χ1v) is 6.41. The van der Waals surface area contributed by atoms with Crippen molar-refractivity contribution in [2.75, 3.05) is 31.7 Å². The molecular formula is C12H16N6O2. The number of aromatic nitrogens is 5. The number of ether oxygens (including phenoxy) is 2. The van der Waals surface area contributed by atoms with E-state index in [4.69, 9.17) is 9.47 Å². The fourth-order valence-corrected chi connectivity index (χ4v) is 2.15. The van der Waals surface area contributed by atoms with Gasteiger partial charge in [-0.1, -0.05) is 0 Å². The Morgan fingerprint density at radius 1 is 1.50 bits per heavy atom. The fourth-order valence-electron chi connectivity index (χ4n) is 2.15. The Kier molecular flexibility index (Phi) is 3.73. The second kappa shape index (κ2) is 5.83. The van der Waals surface area contributed by atoms with Gasteiger partial charge >= 0.3 is 0 Å². The SMILES string of the molecule is COc1ccnc(N2CCOC(Cn3cncn3)C2)n1. The number of hydrogen-bond donors (Lipinski definition) is 0. The molecule has 0 amide bonds. The van der Waals surface area contributed by atoms with Gasteiger partial charge in [0.15, 0.2) is 0 Å². The zero-order valence-electron chi connectivity index (χ0n) is 11.2. The van der Waals surface area contributed by atoms with Crippen LogP contribution in [0.3, 0.4) is 0 Å². The second-order valence-electron chi connectivity index (χ2n) is 4.46. The van der Waals surface area contributed by atoms with Gasteiger partial charge in [0.2, 0.25) is 11.8 Å². The van der Waals surface area contributed by atoms with E-state index in [1.165, 1.54) is 6.33 Å². The molecule has 2 aromatic rings. The highest BCUT2D eigenvalue weighted by molar-refractivity contribution is 5.32. The van der Waals surface area contributed by atoms with Gasteiger partial charge < -0.3 is 14.4 Å². The minimum atomic E-state index is 0.0419. The maximum absolute atomic E-state index is 5.74. The maximum atomic E-state index is 5.74. The van der Waals surface area contributed by atoms with E-state index in [1.807, 2.05) is 0 Å². The second-order valence-corrected chi connectivity index (χ2v) is 4.46. The van der Waals surface area contributed by atoms with E-state index in [2.05, 4.69) is 25.0 Å². The maximum Gasteiger partial charge on any atom is 0.228 e. The Bertz CT molecular complexity index is 547. The Morgan fingerprint density at radius 3 is 3.25 bits per heavy atom. The number of nitrogens with zero attached hydrogens (tertiary/aromatic N) is 6. The molecule has 1 aliphatic rings. The lowest BCUT2D eigenvalue weighted by atomic mass is 10.3. The summed E-state index contributed by atoms with van der Waals surface area (Å²) >= 11 is 0. The number of morpholine rings is 1. The van der Waals surface area contributed by atoms with Crippen LogP contribution < -0.4 is 9.64 Å². The summed E-state index contributed by atoms with van der Waals surface area (Å²) in [6, 6.07) is 1.73. The van der Waals surface area contributed by atoms with Gasteiger partial charge in [0.05, 0.1) is 26.4 Å². The molecule has 20 heavy (non-hydrogen) atoms. The predicted octanol–water partition coefficient (Wildman–Crippen LogP) is -0.0179. The topological polar surface area (TPSA) is 78.2 Å². The third-order valence-corrected chi connectivity index (χ3v) is 3.11. The summed E-state index contributed by atoms with van der Waals surface area (Å²) in [6.45, 7) is 2.79. The molecule has 1 fully saturated rings. The highest BCUT2D eigenvalue weighted by Crippen LogP contribution is 2.16. The van der Waals surface area contributed by atoms with Crippen LogP contribution >= 0.6 is 0 Å². The van der Waals surface area contributed by atoms with Gasteiger partial charge in [0, 0.05) is 25.4 Å². The van der Waals surface area contributed by atoms with E-state index in [9.17, 15) is 0 Å². The summed E-state index contributed by atoms with van der Waals surface area (Å²) in [5.74, 6) is 1.23. The van der Waals surface area contributed by atoms with Crippen molar-refractivity contribution in [1.29, 1.82) is 0 Å². The number of methoxy groups -OCH3 is 1. The van der Waals surface area contributed by atoms with E-state index < -0.39 is 0 Å². The van der Waals surface area contributed by atoms with Gasteiger partial charge in [0.25, 0.3) is 0 Å². The lowest BCUT2D eigenvalue weighted by Crippen LogP contribution is -2.45. The van der Waals surface area contributed by atoms with E-state index in [-0.39, 0.29) is 6.10 Å². The summed E-state index contributed by atoms with van der Waals surface area (Å²) in [7, 11) is 1.60. The van der Waals surface area contributed by atoms with Gasteiger partial charge in [-0.05, 0) is 0 Å². The molecule has 1 saturated heterocycles. The molecule has 1 aliphatic heterocycles. The number of anilines is 1. The molecule has 0 spiro atoms. The molecule has 0 aromatic carbocycles. The van der Waals surface area contributed by atoms with Gasteiger partial charge in [-0.15, -0.1) is 0 Å². The summed E-state index contributed by atoms with van der Waals surface area (Å²) in [4.78, 5) is 14.7. The zero-order chi connectivity index (χ0) is 13.8. The van der Waals surface area contributed by atoms with Crippen molar-refractivity contribution in [3.8, 4) is 5.88 Å². The Labute approximate surface area is 116 Å². The van der Waals surface area contributed by atoms with Crippen molar-refractivity contribution in [1.82, 2.24) is 24.7 Å². The molecular weight excluding hydrogens is 260 g/mol. The molecule has 0 radical (unpaired) electrons. The van der Waals surface area contributed by atoms with Crippen molar-refractivity contribution >= 4 is 5.95 Å². The smallest absolute Gasteiger partial charge is 0.228 e. The highest BCUT2D eigenvalue weighted by atomic mass is 16.5. The summed E-state index contributed by atoms with van der Waals surface area (Å²) in [5.41, 5.74) is 0. The third kappa shape index (κ3) is 2.85. The molecule has 106 valence electrons. The Balaban J connectivity index is 1.68. The lowest BCUT2D eigenvalue weighted by Gasteiger charge is -2.32. The molecule has 0 aliphatic carbocycles. The van der Waals surface area contributed by atoms with E-state index in [1.54, 1.807) is 30.4 Å². The average Bonchev–Trinajstić information content (AvgIpc) is 3.00. The standard InChI is InChI=1S/C12H16N6O2/c1-19-11-2-3-14-12(16-11)17-4-5-20-10(6-17)7-18-9-13-8-15-18/h2-3,8-10H,4-7H2,1H3. The minimum absolute atomic E-state index is 0.0419. The van der Waals surface area contributed by atoms with Gasteiger partial charge in [-0.3, -0.25) is 4.68 Å². The molecule has 2 aromatic heterocycles. The fraction of sp³-hybridized carbons (Fsp3) is 0.500. The van der Waals surface area contributed by atoms with Crippen LogP contribution in [0.5, 0.6) is 5.88 Å². The van der Waals surface area contributed by atoms with Crippen molar-refractivity contribution in [3.05, 3.63) is 24.9 Å². The normalized spacial score (nSPS) is 19.1. The van der Waals surface area contributed by atoms with Crippen LogP contribution in [0.2, 0.25) is 0 Å². The molecule has 3 rings (SSSR count). The molecule has 0 bridgehead atoms. The van der Waals surface area contributed by atoms with E-state index in [0.29, 0.717) is 31.5 Å². The average molecular weight is 276 g/mol. The quantitative estimate of drug-likeness (QED) is 0.776. The molecule has 1 atom stereocenters. The van der Waals surface area contributed by atoms with Crippen LogP contribution in [0, 0.1) is 0 Å². The monoisotopic (exact) mass is 276 g/mol. The first-order chi connectivity index (χ1) is 9.85. The Hall–Kier alpha value is -2.22. The zero-order valence-corrected chi connectivity index (χ0v) is 11.2. The highest BCUT2D eigenvalue weighted by Gasteiger charge is 2.23. The summed E-state index contributed by atoms with van der Waals surface area (Å²) in [6.07, 6.45) is 4.94. The van der Waals surface area contributed by atoms with Crippen LogP contribution in [0.25, 0.3) is 0 Å². The first-order valence-electron chi connectivity index (χ1n) is 6.41. The molecule has 8 heteroatoms. The van der Waals surface area contributed by atoms with Gasteiger partial charge in [0.1, 0.15) is 12.7 Å². The van der Waals surface area contributed by atoms with E-state index in [0.717, 1.165) is 6.54 Å². The van der Waals surface area contributed by atoms with Crippen molar-refractivity contribution in [2.45, 2.75) is 12.6 Å². The minimum Gasteiger partial charge on any atom is -0.481 e. The Morgan fingerprint density at radius 2 is 2.45 bits per heavy atom. The van der Waals surface area contributed by atoms with Crippen molar-refractivity contribution in [3.63, 3.8) is 0 Å². The molecule has 1 unspecified atom stereocenters. The summed E-state index contributed by atoms with van der Waals surface area (Å²) < 4.78 is 12.6. The van der Waals surface area contributed by atoms with Gasteiger partial charge in [-0.25, -0.2) is 9.97 Å². The predicted molar refractivity (Wildman–Crippen MR) is 70.6 cm³/mol. The largest absolute Gasteiger partial charge is 0.481 e. The summed E-state index contributed by atoms with van der Waals surface area (Å²) in [5, 5.41) is 4.09. The third-order valence-electron chi connectivity index (χ3n) is 3.11. The van der Waals surface area contributed by atoms with Crippen LogP contribution in [-0.4, -0.2) is 57.6 Å². The molecule has 3 heterocycles. The molecule has 0 N–H and O–H groups in total. The lowest BCUT2D eigenvalue weighted by molar-refractivity contribution is 0.0268.